The molecular formula is C22H22N6O4S. The molecule has 3 aromatic rings. The Morgan fingerprint density at radius 3 is 2.58 bits per heavy atom. The Morgan fingerprint density at radius 2 is 1.79 bits per heavy atom. The second-order valence-corrected chi connectivity index (χ2v) is 9.82. The van der Waals surface area contributed by atoms with Crippen LogP contribution < -0.4 is 4.74 Å². The highest BCUT2D eigenvalue weighted by molar-refractivity contribution is 7.89. The number of azo groups is 1. The molecule has 0 atom stereocenters. The van der Waals surface area contributed by atoms with Crippen molar-refractivity contribution in [3.63, 3.8) is 0 Å². The van der Waals surface area contributed by atoms with Gasteiger partial charge in [-0.3, -0.25) is 9.69 Å². The number of hydrogen-bond acceptors (Lipinski definition) is 8. The van der Waals surface area contributed by atoms with E-state index in [1.165, 1.54) is 4.31 Å². The molecule has 10 nitrogen and oxygen atoms in total. The zero-order valence-corrected chi connectivity index (χ0v) is 18.8. The number of hydrogen-bond donors (Lipinski definition) is 0. The minimum absolute atomic E-state index is 0.254. The summed E-state index contributed by atoms with van der Waals surface area (Å²) in [6.07, 6.45) is 0.689. The number of ether oxygens (including phenoxy) is 1. The largest absolute Gasteiger partial charge is 0.497 e. The van der Waals surface area contributed by atoms with E-state index in [1.807, 2.05) is 6.07 Å². The van der Waals surface area contributed by atoms with Crippen molar-refractivity contribution in [1.29, 1.82) is 0 Å². The number of amides is 1. The van der Waals surface area contributed by atoms with Gasteiger partial charge in [0.25, 0.3) is 5.91 Å². The van der Waals surface area contributed by atoms with Crippen LogP contribution in [0.15, 0.2) is 57.6 Å². The summed E-state index contributed by atoms with van der Waals surface area (Å²) in [6.45, 7) is 2.52. The van der Waals surface area contributed by atoms with Crippen LogP contribution in [-0.2, 0) is 16.6 Å². The third-order valence-electron chi connectivity index (χ3n) is 5.83. The number of benzene rings is 2. The summed E-state index contributed by atoms with van der Waals surface area (Å²) in [5, 5.41) is 8.26. The van der Waals surface area contributed by atoms with Gasteiger partial charge in [0.05, 0.1) is 35.0 Å². The fraction of sp³-hybridized carbons (Fsp3) is 0.318. The number of nitrogens with zero attached hydrogens (tertiary/aromatic N) is 6. The summed E-state index contributed by atoms with van der Waals surface area (Å²) in [5.41, 5.74) is 1.11. The summed E-state index contributed by atoms with van der Waals surface area (Å²) in [4.78, 5) is 23.5. The minimum atomic E-state index is -3.59. The molecule has 5 rings (SSSR count). The molecule has 0 aliphatic carbocycles. The van der Waals surface area contributed by atoms with Crippen LogP contribution in [0.4, 0.5) is 5.82 Å². The van der Waals surface area contributed by atoms with Gasteiger partial charge in [0.1, 0.15) is 11.6 Å². The van der Waals surface area contributed by atoms with Crippen LogP contribution >= 0.6 is 0 Å². The SMILES string of the molecule is COc1ccc(S(=O)(=O)N2CCCN(Cc3nc4c5c(cccc5n3)C(=O)N=N4)CC2)cc1. The average molecular weight is 467 g/mol. The maximum Gasteiger partial charge on any atom is 0.296 e. The van der Waals surface area contributed by atoms with Gasteiger partial charge >= 0.3 is 0 Å². The molecule has 1 amide bonds. The quantitative estimate of drug-likeness (QED) is 0.567. The van der Waals surface area contributed by atoms with E-state index in [2.05, 4.69) is 25.1 Å². The Labute approximate surface area is 191 Å². The van der Waals surface area contributed by atoms with Crippen LogP contribution in [0.5, 0.6) is 5.75 Å². The van der Waals surface area contributed by atoms with Crippen molar-refractivity contribution in [1.82, 2.24) is 19.2 Å². The molecular weight excluding hydrogens is 444 g/mol. The lowest BCUT2D eigenvalue weighted by molar-refractivity contribution is 0.0995. The Kier molecular flexibility index (Phi) is 5.60. The molecule has 170 valence electrons. The smallest absolute Gasteiger partial charge is 0.296 e. The zero-order chi connectivity index (χ0) is 23.0. The van der Waals surface area contributed by atoms with Gasteiger partial charge in [-0.1, -0.05) is 6.07 Å². The first-order valence-electron chi connectivity index (χ1n) is 10.6. The number of rotatable bonds is 5. The lowest BCUT2D eigenvalue weighted by Gasteiger charge is -2.21. The third-order valence-corrected chi connectivity index (χ3v) is 7.74. The topological polar surface area (TPSA) is 117 Å². The van der Waals surface area contributed by atoms with Crippen molar-refractivity contribution in [2.45, 2.75) is 17.9 Å². The summed E-state index contributed by atoms with van der Waals surface area (Å²) in [7, 11) is -2.04. The van der Waals surface area contributed by atoms with Crippen molar-refractivity contribution >= 4 is 32.7 Å². The summed E-state index contributed by atoms with van der Waals surface area (Å²) < 4.78 is 32.8. The van der Waals surface area contributed by atoms with E-state index in [0.29, 0.717) is 73.0 Å². The van der Waals surface area contributed by atoms with Crippen LogP contribution in [0.3, 0.4) is 0 Å². The Hall–Kier alpha value is -3.28. The van der Waals surface area contributed by atoms with Gasteiger partial charge in [-0.05, 0) is 49.4 Å². The molecule has 1 fully saturated rings. The maximum absolute atomic E-state index is 13.1. The molecule has 2 aliphatic rings. The Morgan fingerprint density at radius 1 is 0.970 bits per heavy atom. The Bertz CT molecular complexity index is 1360. The molecule has 0 unspecified atom stereocenters. The van der Waals surface area contributed by atoms with Crippen molar-refractivity contribution in [2.75, 3.05) is 33.3 Å². The molecule has 1 saturated heterocycles. The molecule has 11 heteroatoms. The molecule has 2 aromatic carbocycles. The van der Waals surface area contributed by atoms with Crippen LogP contribution in [-0.4, -0.2) is 66.8 Å². The van der Waals surface area contributed by atoms with Gasteiger partial charge in [0.15, 0.2) is 5.82 Å². The number of methoxy groups -OCH3 is 1. The van der Waals surface area contributed by atoms with Crippen molar-refractivity contribution in [2.24, 2.45) is 10.2 Å². The second-order valence-electron chi connectivity index (χ2n) is 7.88. The minimum Gasteiger partial charge on any atom is -0.497 e. The van der Waals surface area contributed by atoms with E-state index in [9.17, 15) is 13.2 Å². The van der Waals surface area contributed by atoms with E-state index >= 15 is 0 Å². The first-order chi connectivity index (χ1) is 16.0. The predicted molar refractivity (Wildman–Crippen MR) is 120 cm³/mol. The highest BCUT2D eigenvalue weighted by Gasteiger charge is 2.27. The molecule has 0 saturated carbocycles. The van der Waals surface area contributed by atoms with E-state index in [0.717, 1.165) is 0 Å². The van der Waals surface area contributed by atoms with Crippen molar-refractivity contribution in [3.8, 4) is 5.75 Å². The average Bonchev–Trinajstić information content (AvgIpc) is 3.07. The molecule has 0 N–H and O–H groups in total. The second kappa shape index (κ2) is 8.58. The molecule has 0 spiro atoms. The molecule has 1 aromatic heterocycles. The molecule has 0 bridgehead atoms. The highest BCUT2D eigenvalue weighted by atomic mass is 32.2. The van der Waals surface area contributed by atoms with Gasteiger partial charge in [-0.25, -0.2) is 18.4 Å². The van der Waals surface area contributed by atoms with Crippen molar-refractivity contribution < 1.29 is 17.9 Å². The standard InChI is InChI=1S/C22H22N6O4S/c1-32-15-6-8-16(9-7-15)33(30,31)28-11-3-10-27(12-13-28)14-19-23-18-5-2-4-17-20(18)21(24-19)25-26-22(17)29/h2,4-9H,3,10-14H2,1H3. The van der Waals surface area contributed by atoms with E-state index in [4.69, 9.17) is 4.74 Å². The van der Waals surface area contributed by atoms with E-state index in [-0.39, 0.29) is 4.90 Å². The highest BCUT2D eigenvalue weighted by Crippen LogP contribution is 2.31. The maximum atomic E-state index is 13.1. The normalized spacial score (nSPS) is 17.3. The third kappa shape index (κ3) is 4.10. The molecule has 0 radical (unpaired) electrons. The lowest BCUT2D eigenvalue weighted by atomic mass is 10.1. The predicted octanol–water partition coefficient (Wildman–Crippen LogP) is 2.77. The van der Waals surface area contributed by atoms with Crippen LogP contribution in [0.25, 0.3) is 10.9 Å². The number of sulfonamides is 1. The van der Waals surface area contributed by atoms with Gasteiger partial charge in [0, 0.05) is 19.6 Å². The number of carbonyl (C=O) groups is 1. The Balaban J connectivity index is 1.32. The van der Waals surface area contributed by atoms with E-state index < -0.39 is 15.9 Å². The number of aromatic nitrogens is 2. The lowest BCUT2D eigenvalue weighted by Crippen LogP contribution is -2.35. The first-order valence-corrected chi connectivity index (χ1v) is 12.0. The monoisotopic (exact) mass is 466 g/mol. The summed E-state index contributed by atoms with van der Waals surface area (Å²) in [6, 6.07) is 11.7. The van der Waals surface area contributed by atoms with E-state index in [1.54, 1.807) is 43.5 Å². The summed E-state index contributed by atoms with van der Waals surface area (Å²) in [5.74, 6) is 1.18. The fourth-order valence-electron chi connectivity index (χ4n) is 4.12. The van der Waals surface area contributed by atoms with Crippen molar-refractivity contribution in [3.05, 3.63) is 53.9 Å². The summed E-state index contributed by atoms with van der Waals surface area (Å²) >= 11 is 0. The van der Waals surface area contributed by atoms with Gasteiger partial charge in [-0.15, -0.1) is 10.2 Å². The first kappa shape index (κ1) is 21.6. The van der Waals surface area contributed by atoms with Gasteiger partial charge in [-0.2, -0.15) is 4.31 Å². The van der Waals surface area contributed by atoms with Crippen LogP contribution in [0.2, 0.25) is 0 Å². The fourth-order valence-corrected chi connectivity index (χ4v) is 5.59. The van der Waals surface area contributed by atoms with Crippen LogP contribution in [0.1, 0.15) is 22.6 Å². The molecule has 3 heterocycles. The molecule has 33 heavy (non-hydrogen) atoms. The zero-order valence-electron chi connectivity index (χ0n) is 18.0. The molecule has 2 aliphatic heterocycles. The van der Waals surface area contributed by atoms with Crippen LogP contribution in [0, 0.1) is 0 Å². The number of carbonyl (C=O) groups excluding carboxylic acids is 1. The van der Waals surface area contributed by atoms with Gasteiger partial charge in [0.2, 0.25) is 10.0 Å². The van der Waals surface area contributed by atoms with Gasteiger partial charge < -0.3 is 4.74 Å².